The van der Waals surface area contributed by atoms with Crippen molar-refractivity contribution in [2.75, 3.05) is 6.61 Å². The Labute approximate surface area is 114 Å². The van der Waals surface area contributed by atoms with Crippen LogP contribution in [0.5, 0.6) is 0 Å². The van der Waals surface area contributed by atoms with Gasteiger partial charge in [0.2, 0.25) is 0 Å². The largest absolute Gasteiger partial charge is 0.396 e. The fourth-order valence-corrected chi connectivity index (χ4v) is 1.80. The molecular weight excluding hydrogens is 220 g/mol. The molecule has 0 aromatic carbocycles. The molecule has 0 aliphatic heterocycles. The fraction of sp³-hybridized carbons (Fsp3) is 0.765. The molecule has 0 amide bonds. The number of unbranched alkanes of at least 4 members (excludes halogenated alkanes) is 3. The summed E-state index contributed by atoms with van der Waals surface area (Å²) in [6, 6.07) is 0. The van der Waals surface area contributed by atoms with Crippen LogP contribution < -0.4 is 0 Å². The van der Waals surface area contributed by atoms with Crippen LogP contribution in [0.25, 0.3) is 0 Å². The first-order chi connectivity index (χ1) is 8.66. The van der Waals surface area contributed by atoms with Gasteiger partial charge in [0.15, 0.2) is 0 Å². The van der Waals surface area contributed by atoms with Crippen molar-refractivity contribution in [3.63, 3.8) is 0 Å². The smallest absolute Gasteiger partial charge is 0.0431 e. The maximum Gasteiger partial charge on any atom is 0.0431 e. The zero-order chi connectivity index (χ0) is 13.6. The number of allylic oxidation sites excluding steroid dienone is 2. The van der Waals surface area contributed by atoms with Gasteiger partial charge in [-0.1, -0.05) is 25.0 Å². The summed E-state index contributed by atoms with van der Waals surface area (Å²) in [6.07, 6.45) is 11.2. The van der Waals surface area contributed by atoms with Crippen molar-refractivity contribution in [1.29, 1.82) is 0 Å². The molecule has 0 saturated heterocycles. The number of rotatable bonds is 9. The van der Waals surface area contributed by atoms with Crippen LogP contribution in [0.15, 0.2) is 11.6 Å². The van der Waals surface area contributed by atoms with Crippen molar-refractivity contribution in [2.45, 2.75) is 72.1 Å². The first-order valence-electron chi connectivity index (χ1n) is 7.36. The summed E-state index contributed by atoms with van der Waals surface area (Å²) in [6.45, 7) is 6.96. The number of hydrogen-bond donors (Lipinski definition) is 1. The Morgan fingerprint density at radius 2 is 1.78 bits per heavy atom. The first kappa shape index (κ1) is 17.3. The number of aliphatic hydroxyl groups is 1. The second-order valence-electron chi connectivity index (χ2n) is 5.39. The maximum absolute atomic E-state index is 8.63. The molecule has 18 heavy (non-hydrogen) atoms. The topological polar surface area (TPSA) is 20.2 Å². The second-order valence-corrected chi connectivity index (χ2v) is 5.39. The molecule has 1 N–H and O–H groups in total. The SMILES string of the molecule is CC(C)=CCC[C@@H](C)CCC#CCCCCCO. The summed E-state index contributed by atoms with van der Waals surface area (Å²) in [7, 11) is 0. The minimum absolute atomic E-state index is 0.316. The molecule has 0 radical (unpaired) electrons. The molecule has 0 spiro atoms. The van der Waals surface area contributed by atoms with E-state index in [1.54, 1.807) is 0 Å². The maximum atomic E-state index is 8.63. The molecule has 1 atom stereocenters. The van der Waals surface area contributed by atoms with E-state index in [-0.39, 0.29) is 0 Å². The third-order valence-electron chi connectivity index (χ3n) is 3.06. The van der Waals surface area contributed by atoms with Crippen LogP contribution in [-0.2, 0) is 0 Å². The van der Waals surface area contributed by atoms with Gasteiger partial charge in [-0.2, -0.15) is 0 Å². The molecule has 0 rings (SSSR count). The summed E-state index contributed by atoms with van der Waals surface area (Å²) in [5.74, 6) is 7.28. The van der Waals surface area contributed by atoms with Gasteiger partial charge in [-0.15, -0.1) is 11.8 Å². The Morgan fingerprint density at radius 3 is 2.44 bits per heavy atom. The fourth-order valence-electron chi connectivity index (χ4n) is 1.80. The minimum atomic E-state index is 0.316. The Kier molecular flexibility index (Phi) is 12.2. The molecule has 104 valence electrons. The third-order valence-corrected chi connectivity index (χ3v) is 3.06. The molecule has 0 aliphatic rings. The van der Waals surface area contributed by atoms with Crippen LogP contribution in [0.2, 0.25) is 0 Å². The summed E-state index contributed by atoms with van der Waals surface area (Å²) in [5.41, 5.74) is 1.42. The highest BCUT2D eigenvalue weighted by Gasteiger charge is 1.98. The van der Waals surface area contributed by atoms with E-state index in [1.807, 2.05) is 0 Å². The lowest BCUT2D eigenvalue weighted by Crippen LogP contribution is -1.93. The molecule has 0 unspecified atom stereocenters. The summed E-state index contributed by atoms with van der Waals surface area (Å²) in [5, 5.41) is 8.63. The average Bonchev–Trinajstić information content (AvgIpc) is 2.32. The van der Waals surface area contributed by atoms with Crippen molar-refractivity contribution in [3.05, 3.63) is 11.6 Å². The van der Waals surface area contributed by atoms with Crippen molar-refractivity contribution in [2.24, 2.45) is 5.92 Å². The van der Waals surface area contributed by atoms with Crippen molar-refractivity contribution in [1.82, 2.24) is 0 Å². The molecule has 0 saturated carbocycles. The van der Waals surface area contributed by atoms with Gasteiger partial charge in [0.05, 0.1) is 0 Å². The highest BCUT2D eigenvalue weighted by atomic mass is 16.2. The Morgan fingerprint density at radius 1 is 1.06 bits per heavy atom. The van der Waals surface area contributed by atoms with Gasteiger partial charge in [-0.25, -0.2) is 0 Å². The molecular formula is C17H30O. The van der Waals surface area contributed by atoms with E-state index in [9.17, 15) is 0 Å². The molecule has 0 aromatic heterocycles. The van der Waals surface area contributed by atoms with Crippen LogP contribution in [-0.4, -0.2) is 11.7 Å². The normalized spacial score (nSPS) is 11.6. The molecule has 1 nitrogen and oxygen atoms in total. The van der Waals surface area contributed by atoms with Crippen LogP contribution in [0.3, 0.4) is 0 Å². The lowest BCUT2D eigenvalue weighted by molar-refractivity contribution is 0.283. The molecule has 0 fully saturated rings. The zero-order valence-corrected chi connectivity index (χ0v) is 12.5. The van der Waals surface area contributed by atoms with Gasteiger partial charge in [0, 0.05) is 19.4 Å². The first-order valence-corrected chi connectivity index (χ1v) is 7.36. The summed E-state index contributed by atoms with van der Waals surface area (Å²) < 4.78 is 0. The quantitative estimate of drug-likeness (QED) is 0.357. The lowest BCUT2D eigenvalue weighted by Gasteiger charge is -2.06. The van der Waals surface area contributed by atoms with E-state index in [0.717, 1.165) is 38.0 Å². The van der Waals surface area contributed by atoms with Gasteiger partial charge in [0.25, 0.3) is 0 Å². The summed E-state index contributed by atoms with van der Waals surface area (Å²) >= 11 is 0. The van der Waals surface area contributed by atoms with Crippen LogP contribution in [0, 0.1) is 17.8 Å². The number of hydrogen-bond acceptors (Lipinski definition) is 1. The molecule has 0 bridgehead atoms. The van der Waals surface area contributed by atoms with E-state index in [4.69, 9.17) is 5.11 Å². The predicted octanol–water partition coefficient (Wildman–Crippen LogP) is 4.71. The van der Waals surface area contributed by atoms with Crippen molar-refractivity contribution >= 4 is 0 Å². The Balaban J connectivity index is 3.41. The van der Waals surface area contributed by atoms with Gasteiger partial charge in [0.1, 0.15) is 0 Å². The monoisotopic (exact) mass is 250 g/mol. The Hall–Kier alpha value is -0.740. The molecule has 0 heterocycles. The van der Waals surface area contributed by atoms with Crippen molar-refractivity contribution in [3.8, 4) is 11.8 Å². The van der Waals surface area contributed by atoms with Crippen LogP contribution >= 0.6 is 0 Å². The van der Waals surface area contributed by atoms with E-state index in [2.05, 4.69) is 38.7 Å². The van der Waals surface area contributed by atoms with Crippen LogP contribution in [0.4, 0.5) is 0 Å². The third kappa shape index (κ3) is 13.3. The minimum Gasteiger partial charge on any atom is -0.396 e. The predicted molar refractivity (Wildman–Crippen MR) is 80.4 cm³/mol. The van der Waals surface area contributed by atoms with Gasteiger partial charge in [-0.05, 0) is 51.9 Å². The van der Waals surface area contributed by atoms with Crippen molar-refractivity contribution < 1.29 is 5.11 Å². The standard InChI is InChI=1S/C17H30O/c1-16(2)12-11-14-17(3)13-9-7-5-4-6-8-10-15-18/h12,17-18H,4,6,8-11,13-15H2,1-3H3/t17-/m0/s1. The van der Waals surface area contributed by atoms with Gasteiger partial charge < -0.3 is 5.11 Å². The lowest BCUT2D eigenvalue weighted by atomic mass is 9.99. The average molecular weight is 250 g/mol. The van der Waals surface area contributed by atoms with E-state index in [1.165, 1.54) is 24.8 Å². The zero-order valence-electron chi connectivity index (χ0n) is 12.5. The highest BCUT2D eigenvalue weighted by Crippen LogP contribution is 2.13. The highest BCUT2D eigenvalue weighted by molar-refractivity contribution is 4.99. The van der Waals surface area contributed by atoms with Crippen LogP contribution in [0.1, 0.15) is 72.1 Å². The van der Waals surface area contributed by atoms with E-state index >= 15 is 0 Å². The van der Waals surface area contributed by atoms with Gasteiger partial charge in [-0.3, -0.25) is 0 Å². The van der Waals surface area contributed by atoms with E-state index in [0.29, 0.717) is 6.61 Å². The van der Waals surface area contributed by atoms with Gasteiger partial charge >= 0.3 is 0 Å². The molecule has 0 aliphatic carbocycles. The Bertz CT molecular complexity index is 263. The summed E-state index contributed by atoms with van der Waals surface area (Å²) in [4.78, 5) is 0. The molecule has 0 aromatic rings. The van der Waals surface area contributed by atoms with E-state index < -0.39 is 0 Å². The number of aliphatic hydroxyl groups excluding tert-OH is 1. The second kappa shape index (κ2) is 12.7. The molecule has 1 heteroatoms.